The van der Waals surface area contributed by atoms with Crippen molar-refractivity contribution in [1.29, 1.82) is 0 Å². The molecule has 0 bridgehead atoms. The third-order valence-corrected chi connectivity index (χ3v) is 5.63. The average molecular weight is 319 g/mol. The molecule has 3 nitrogen and oxygen atoms in total. The molecule has 0 unspecified atom stereocenters. The van der Waals surface area contributed by atoms with E-state index in [0.717, 1.165) is 0 Å². The largest absolute Gasteiger partial charge is 0.354 e. The first-order valence-electron chi connectivity index (χ1n) is 8.55. The highest BCUT2D eigenvalue weighted by Crippen LogP contribution is 2.39. The highest BCUT2D eigenvalue weighted by molar-refractivity contribution is 6.24. The molecule has 0 aliphatic carbocycles. The van der Waals surface area contributed by atoms with Crippen LogP contribution < -0.4 is 0 Å². The van der Waals surface area contributed by atoms with E-state index in [9.17, 15) is 0 Å². The predicted molar refractivity (Wildman–Crippen MR) is 104 cm³/mol. The molecule has 0 radical (unpaired) electrons. The lowest BCUT2D eigenvalue weighted by Gasteiger charge is -1.96. The fraction of sp³-hybridized carbons (Fsp3) is 0. The van der Waals surface area contributed by atoms with Gasteiger partial charge in [0, 0.05) is 50.4 Å². The number of benzene rings is 3. The summed E-state index contributed by atoms with van der Waals surface area (Å²) < 4.78 is 4.62. The number of hydrogen-bond acceptors (Lipinski definition) is 0. The molecule has 3 heteroatoms. The smallest absolute Gasteiger partial charge is 0.130 e. The summed E-state index contributed by atoms with van der Waals surface area (Å²) in [6, 6.07) is 21.9. The molecule has 0 spiro atoms. The molecule has 4 aromatic heterocycles. The molecule has 0 aliphatic heterocycles. The maximum Gasteiger partial charge on any atom is 0.130 e. The SMILES string of the molecule is c1ccc2c(c1)[nH]c1cc3c(cc12)c1c2ccccc2n2ccn3c12. The normalized spacial score (nSPS) is 12.8. The molecule has 0 fully saturated rings. The molecular formula is C22H13N3. The van der Waals surface area contributed by atoms with Crippen LogP contribution >= 0.6 is 0 Å². The second kappa shape index (κ2) is 3.78. The van der Waals surface area contributed by atoms with Gasteiger partial charge in [0.05, 0.1) is 11.0 Å². The third-order valence-electron chi connectivity index (χ3n) is 5.63. The van der Waals surface area contributed by atoms with Crippen molar-refractivity contribution >= 4 is 54.6 Å². The minimum absolute atomic E-state index is 1.20. The fourth-order valence-corrected chi connectivity index (χ4v) is 4.59. The van der Waals surface area contributed by atoms with Crippen LogP contribution in [-0.2, 0) is 0 Å². The second-order valence-corrected chi connectivity index (χ2v) is 6.84. The third kappa shape index (κ3) is 1.24. The van der Waals surface area contributed by atoms with Crippen LogP contribution in [0.4, 0.5) is 0 Å². The Morgan fingerprint density at radius 2 is 1.36 bits per heavy atom. The average Bonchev–Trinajstić information content (AvgIpc) is 3.36. The van der Waals surface area contributed by atoms with Crippen LogP contribution in [0.2, 0.25) is 0 Å². The lowest BCUT2D eigenvalue weighted by Crippen LogP contribution is -1.79. The van der Waals surface area contributed by atoms with Crippen molar-refractivity contribution in [3.8, 4) is 0 Å². The summed E-state index contributed by atoms with van der Waals surface area (Å²) in [6.07, 6.45) is 4.34. The summed E-state index contributed by atoms with van der Waals surface area (Å²) in [5.41, 5.74) is 6.20. The summed E-state index contributed by atoms with van der Waals surface area (Å²) in [5.74, 6) is 0. The summed E-state index contributed by atoms with van der Waals surface area (Å²) in [7, 11) is 0. The van der Waals surface area contributed by atoms with Gasteiger partial charge in [0.2, 0.25) is 0 Å². The van der Waals surface area contributed by atoms with Gasteiger partial charge < -0.3 is 13.8 Å². The van der Waals surface area contributed by atoms with Gasteiger partial charge in [-0.3, -0.25) is 0 Å². The van der Waals surface area contributed by atoms with Gasteiger partial charge in [0.1, 0.15) is 5.65 Å². The van der Waals surface area contributed by atoms with Gasteiger partial charge in [0.25, 0.3) is 0 Å². The van der Waals surface area contributed by atoms with E-state index in [4.69, 9.17) is 0 Å². The first-order valence-corrected chi connectivity index (χ1v) is 8.55. The molecule has 116 valence electrons. The number of nitrogens with zero attached hydrogens (tertiary/aromatic N) is 2. The maximum absolute atomic E-state index is 3.57. The predicted octanol–water partition coefficient (Wildman–Crippen LogP) is 5.57. The van der Waals surface area contributed by atoms with E-state index >= 15 is 0 Å². The van der Waals surface area contributed by atoms with Gasteiger partial charge in [-0.25, -0.2) is 0 Å². The summed E-state index contributed by atoms with van der Waals surface area (Å²) >= 11 is 0. The topological polar surface area (TPSA) is 24.6 Å². The van der Waals surface area contributed by atoms with E-state index in [0.29, 0.717) is 0 Å². The van der Waals surface area contributed by atoms with Crippen LogP contribution in [0.1, 0.15) is 0 Å². The number of hydrogen-bond donors (Lipinski definition) is 1. The number of H-pyrrole nitrogens is 1. The molecule has 0 amide bonds. The van der Waals surface area contributed by atoms with Gasteiger partial charge in [-0.2, -0.15) is 0 Å². The number of imidazole rings is 1. The van der Waals surface area contributed by atoms with E-state index in [1.807, 2.05) is 0 Å². The zero-order valence-electron chi connectivity index (χ0n) is 13.3. The van der Waals surface area contributed by atoms with Crippen molar-refractivity contribution in [2.24, 2.45) is 0 Å². The lowest BCUT2D eigenvalue weighted by atomic mass is 10.1. The minimum atomic E-state index is 1.20. The summed E-state index contributed by atoms with van der Waals surface area (Å²) in [6.45, 7) is 0. The highest BCUT2D eigenvalue weighted by Gasteiger charge is 2.19. The Labute approximate surface area is 142 Å². The molecule has 7 rings (SSSR count). The zero-order valence-corrected chi connectivity index (χ0v) is 13.3. The molecular weight excluding hydrogens is 306 g/mol. The van der Waals surface area contributed by atoms with Crippen molar-refractivity contribution in [2.45, 2.75) is 0 Å². The van der Waals surface area contributed by atoms with Crippen molar-refractivity contribution in [3.05, 3.63) is 73.1 Å². The Balaban J connectivity index is 1.83. The molecule has 0 aliphatic rings. The number of aromatic nitrogens is 3. The first-order chi connectivity index (χ1) is 12.4. The maximum atomic E-state index is 3.57. The van der Waals surface area contributed by atoms with Gasteiger partial charge in [0.15, 0.2) is 0 Å². The Morgan fingerprint density at radius 1 is 0.600 bits per heavy atom. The Kier molecular flexibility index (Phi) is 1.81. The fourth-order valence-electron chi connectivity index (χ4n) is 4.59. The zero-order chi connectivity index (χ0) is 16.1. The molecule has 3 aromatic carbocycles. The lowest BCUT2D eigenvalue weighted by molar-refractivity contribution is 1.26. The van der Waals surface area contributed by atoms with Gasteiger partial charge >= 0.3 is 0 Å². The van der Waals surface area contributed by atoms with Crippen LogP contribution in [0.25, 0.3) is 54.6 Å². The van der Waals surface area contributed by atoms with Crippen LogP contribution in [0.5, 0.6) is 0 Å². The van der Waals surface area contributed by atoms with Crippen molar-refractivity contribution in [1.82, 2.24) is 13.8 Å². The Morgan fingerprint density at radius 3 is 2.28 bits per heavy atom. The van der Waals surface area contributed by atoms with E-state index in [1.54, 1.807) is 0 Å². The quantitative estimate of drug-likeness (QED) is 0.378. The number of fused-ring (bicyclic) bond motifs is 9. The van der Waals surface area contributed by atoms with Gasteiger partial charge in [-0.1, -0.05) is 36.4 Å². The molecule has 25 heavy (non-hydrogen) atoms. The monoisotopic (exact) mass is 319 g/mol. The number of para-hydroxylation sites is 2. The second-order valence-electron chi connectivity index (χ2n) is 6.84. The molecule has 4 heterocycles. The number of rotatable bonds is 0. The van der Waals surface area contributed by atoms with E-state index in [1.165, 1.54) is 54.6 Å². The van der Waals surface area contributed by atoms with Crippen LogP contribution in [0.3, 0.4) is 0 Å². The summed E-state index contributed by atoms with van der Waals surface area (Å²) in [4.78, 5) is 3.57. The Hall–Kier alpha value is -3.46. The molecule has 0 atom stereocenters. The Bertz CT molecular complexity index is 1590. The van der Waals surface area contributed by atoms with Crippen LogP contribution in [0, 0.1) is 0 Å². The molecule has 1 N–H and O–H groups in total. The van der Waals surface area contributed by atoms with Crippen molar-refractivity contribution in [3.63, 3.8) is 0 Å². The van der Waals surface area contributed by atoms with E-state index in [-0.39, 0.29) is 0 Å². The summed E-state index contributed by atoms with van der Waals surface area (Å²) in [5, 5.41) is 6.58. The highest BCUT2D eigenvalue weighted by atomic mass is 15.1. The minimum Gasteiger partial charge on any atom is -0.354 e. The molecule has 7 aromatic rings. The standard InChI is InChI=1S/C22H13N3/c1-3-7-17-13(5-1)15-11-16-20(12-18(15)23-17)25-10-9-24-19-8-4-2-6-14(19)21(16)22(24)25/h1-12,23H. The number of aromatic amines is 1. The van der Waals surface area contributed by atoms with Crippen molar-refractivity contribution in [2.75, 3.05) is 0 Å². The van der Waals surface area contributed by atoms with Crippen LogP contribution in [0.15, 0.2) is 73.1 Å². The number of nitrogens with one attached hydrogen (secondary N) is 1. The molecule has 0 saturated heterocycles. The first kappa shape index (κ1) is 12.0. The van der Waals surface area contributed by atoms with Crippen molar-refractivity contribution < 1.29 is 0 Å². The van der Waals surface area contributed by atoms with E-state index < -0.39 is 0 Å². The molecule has 0 saturated carbocycles. The van der Waals surface area contributed by atoms with Crippen LogP contribution in [-0.4, -0.2) is 13.8 Å². The van der Waals surface area contributed by atoms with Gasteiger partial charge in [-0.05, 0) is 24.3 Å². The van der Waals surface area contributed by atoms with Gasteiger partial charge in [-0.15, -0.1) is 0 Å². The van der Waals surface area contributed by atoms with E-state index in [2.05, 4.69) is 86.8 Å².